The highest BCUT2D eigenvalue weighted by Gasteiger charge is 2.15. The third-order valence-electron chi connectivity index (χ3n) is 3.35. The molecule has 0 aliphatic heterocycles. The molecule has 1 aromatic heterocycles. The van der Waals surface area contributed by atoms with Crippen LogP contribution in [0.25, 0.3) is 10.9 Å². The maximum absolute atomic E-state index is 12.8. The number of aromatic nitrogens is 2. The van der Waals surface area contributed by atoms with Crippen molar-refractivity contribution in [2.75, 3.05) is 12.3 Å². The third-order valence-corrected chi connectivity index (χ3v) is 4.56. The minimum absolute atomic E-state index is 0.0340. The molecule has 7 nitrogen and oxygen atoms in total. The van der Waals surface area contributed by atoms with Crippen molar-refractivity contribution in [3.63, 3.8) is 0 Å². The quantitative estimate of drug-likeness (QED) is 0.578. The van der Waals surface area contributed by atoms with Crippen LogP contribution in [0.2, 0.25) is 5.02 Å². The van der Waals surface area contributed by atoms with Gasteiger partial charge in [0.05, 0.1) is 16.7 Å². The van der Waals surface area contributed by atoms with Gasteiger partial charge in [0, 0.05) is 18.1 Å². The lowest BCUT2D eigenvalue weighted by Gasteiger charge is -2.15. The van der Waals surface area contributed by atoms with Crippen molar-refractivity contribution in [2.24, 2.45) is 5.92 Å². The number of thioether (sulfide) groups is 1. The first kappa shape index (κ1) is 20.3. The van der Waals surface area contributed by atoms with Gasteiger partial charge in [0.15, 0.2) is 5.16 Å². The van der Waals surface area contributed by atoms with E-state index in [2.05, 4.69) is 15.6 Å². The minimum atomic E-state index is -0.545. The van der Waals surface area contributed by atoms with Gasteiger partial charge in [-0.1, -0.05) is 37.2 Å². The Bertz CT molecular complexity index is 882. The predicted molar refractivity (Wildman–Crippen MR) is 104 cm³/mol. The molecule has 0 atom stereocenters. The molecular weight excluding hydrogens is 376 g/mol. The van der Waals surface area contributed by atoms with Gasteiger partial charge in [-0.15, -0.1) is 0 Å². The topological polar surface area (TPSA) is 93.1 Å². The van der Waals surface area contributed by atoms with Crippen LogP contribution in [0.3, 0.4) is 0 Å². The highest BCUT2D eigenvalue weighted by Crippen LogP contribution is 2.21. The zero-order valence-corrected chi connectivity index (χ0v) is 16.4. The van der Waals surface area contributed by atoms with Gasteiger partial charge in [-0.25, -0.2) is 9.78 Å². The van der Waals surface area contributed by atoms with Crippen molar-refractivity contribution >= 4 is 46.2 Å². The molecule has 0 unspecified atom stereocenters. The van der Waals surface area contributed by atoms with Gasteiger partial charge in [0.2, 0.25) is 5.91 Å². The maximum Gasteiger partial charge on any atom is 0.321 e. The summed E-state index contributed by atoms with van der Waals surface area (Å²) < 4.78 is 1.56. The van der Waals surface area contributed by atoms with Gasteiger partial charge in [-0.05, 0) is 31.0 Å². The summed E-state index contributed by atoms with van der Waals surface area (Å²) in [5.74, 6) is -0.270. The predicted octanol–water partition coefficient (Wildman–Crippen LogP) is 2.64. The molecule has 3 amide bonds. The third kappa shape index (κ3) is 5.22. The zero-order chi connectivity index (χ0) is 19.3. The molecule has 1 aromatic carbocycles. The van der Waals surface area contributed by atoms with Crippen molar-refractivity contribution in [1.82, 2.24) is 20.2 Å². The molecule has 0 fully saturated rings. The number of urea groups is 1. The summed E-state index contributed by atoms with van der Waals surface area (Å²) in [5.41, 5.74) is 0.307. The first-order valence-corrected chi connectivity index (χ1v) is 9.58. The maximum atomic E-state index is 12.8. The molecule has 2 aromatic rings. The number of nitrogens with zero attached hydrogens (tertiary/aromatic N) is 2. The summed E-state index contributed by atoms with van der Waals surface area (Å²) in [4.78, 5) is 40.6. The normalized spacial score (nSPS) is 11.0. The van der Waals surface area contributed by atoms with Crippen molar-refractivity contribution in [3.05, 3.63) is 33.6 Å². The number of benzene rings is 1. The fourth-order valence-corrected chi connectivity index (χ4v) is 3.28. The van der Waals surface area contributed by atoms with Crippen LogP contribution in [0.4, 0.5) is 4.79 Å². The van der Waals surface area contributed by atoms with Crippen LogP contribution in [0.15, 0.2) is 28.2 Å². The van der Waals surface area contributed by atoms with E-state index < -0.39 is 11.9 Å². The minimum Gasteiger partial charge on any atom is -0.338 e. The van der Waals surface area contributed by atoms with Crippen LogP contribution >= 0.6 is 23.4 Å². The Balaban J connectivity index is 2.30. The molecular formula is C17H21ClN4O3S. The average Bonchev–Trinajstić information content (AvgIpc) is 2.55. The van der Waals surface area contributed by atoms with E-state index >= 15 is 0 Å². The Hall–Kier alpha value is -2.06. The Labute approximate surface area is 160 Å². The van der Waals surface area contributed by atoms with Crippen molar-refractivity contribution in [1.29, 1.82) is 0 Å². The SMILES string of the molecule is CCNC(=O)NC(=O)CSc1nc2cc(Cl)ccc2c(=O)n1CC(C)C. The number of amides is 3. The highest BCUT2D eigenvalue weighted by atomic mass is 35.5. The first-order chi connectivity index (χ1) is 12.3. The molecule has 0 saturated heterocycles. The summed E-state index contributed by atoms with van der Waals surface area (Å²) >= 11 is 7.11. The van der Waals surface area contributed by atoms with Gasteiger partial charge in [-0.3, -0.25) is 19.5 Å². The van der Waals surface area contributed by atoms with E-state index in [9.17, 15) is 14.4 Å². The first-order valence-electron chi connectivity index (χ1n) is 8.22. The lowest BCUT2D eigenvalue weighted by atomic mass is 10.2. The van der Waals surface area contributed by atoms with Gasteiger partial charge in [0.1, 0.15) is 0 Å². The van der Waals surface area contributed by atoms with Crippen LogP contribution in [-0.4, -0.2) is 33.8 Å². The Morgan fingerprint density at radius 1 is 1.35 bits per heavy atom. The van der Waals surface area contributed by atoms with Crippen LogP contribution in [-0.2, 0) is 11.3 Å². The van der Waals surface area contributed by atoms with E-state index in [0.717, 1.165) is 11.8 Å². The summed E-state index contributed by atoms with van der Waals surface area (Å²) in [6, 6.07) is 4.38. The second kappa shape index (κ2) is 9.05. The molecule has 26 heavy (non-hydrogen) atoms. The standard InChI is InChI=1S/C17H21ClN4O3S/c1-4-19-16(25)21-14(23)9-26-17-20-13-7-11(18)5-6-12(13)15(24)22(17)8-10(2)3/h5-7,10H,4,8-9H2,1-3H3,(H2,19,21,23,25). The van der Waals surface area contributed by atoms with Crippen LogP contribution in [0.1, 0.15) is 20.8 Å². The molecule has 1 heterocycles. The van der Waals surface area contributed by atoms with Gasteiger partial charge in [-0.2, -0.15) is 0 Å². The van der Waals surface area contributed by atoms with Crippen LogP contribution < -0.4 is 16.2 Å². The molecule has 140 valence electrons. The Morgan fingerprint density at radius 3 is 2.73 bits per heavy atom. The Kier molecular flexibility index (Phi) is 7.05. The summed E-state index contributed by atoms with van der Waals surface area (Å²) in [6.45, 7) is 6.65. The number of hydrogen-bond acceptors (Lipinski definition) is 5. The summed E-state index contributed by atoms with van der Waals surface area (Å²) in [5, 5.41) is 6.09. The zero-order valence-electron chi connectivity index (χ0n) is 14.8. The fraction of sp³-hybridized carbons (Fsp3) is 0.412. The second-order valence-corrected chi connectivity index (χ2v) is 7.44. The molecule has 2 N–H and O–H groups in total. The molecule has 9 heteroatoms. The average molecular weight is 397 g/mol. The second-order valence-electron chi connectivity index (χ2n) is 6.06. The van der Waals surface area contributed by atoms with Gasteiger partial charge < -0.3 is 5.32 Å². The molecule has 0 radical (unpaired) electrons. The summed E-state index contributed by atoms with van der Waals surface area (Å²) in [7, 11) is 0. The number of rotatable bonds is 6. The summed E-state index contributed by atoms with van der Waals surface area (Å²) in [6.07, 6.45) is 0. The van der Waals surface area contributed by atoms with E-state index in [1.807, 2.05) is 13.8 Å². The number of nitrogens with one attached hydrogen (secondary N) is 2. The number of carbonyl (C=O) groups is 2. The number of fused-ring (bicyclic) bond motifs is 1. The lowest BCUT2D eigenvalue weighted by molar-refractivity contribution is -0.117. The van der Waals surface area contributed by atoms with Crippen LogP contribution in [0.5, 0.6) is 0 Å². The molecule has 2 rings (SSSR count). The number of imide groups is 1. The van der Waals surface area contributed by atoms with E-state index in [0.29, 0.717) is 34.2 Å². The monoisotopic (exact) mass is 396 g/mol. The van der Waals surface area contributed by atoms with Gasteiger partial charge >= 0.3 is 6.03 Å². The molecule has 0 bridgehead atoms. The number of halogens is 1. The largest absolute Gasteiger partial charge is 0.338 e. The molecule has 0 aliphatic carbocycles. The Morgan fingerprint density at radius 2 is 2.08 bits per heavy atom. The van der Waals surface area contributed by atoms with Crippen LogP contribution in [0, 0.1) is 5.92 Å². The van der Waals surface area contributed by atoms with E-state index in [1.54, 1.807) is 29.7 Å². The lowest BCUT2D eigenvalue weighted by Crippen LogP contribution is -2.40. The van der Waals surface area contributed by atoms with Gasteiger partial charge in [0.25, 0.3) is 5.56 Å². The van der Waals surface area contributed by atoms with E-state index in [4.69, 9.17) is 11.6 Å². The highest BCUT2D eigenvalue weighted by molar-refractivity contribution is 7.99. The van der Waals surface area contributed by atoms with E-state index in [1.165, 1.54) is 0 Å². The van der Waals surface area contributed by atoms with Crippen molar-refractivity contribution in [2.45, 2.75) is 32.5 Å². The smallest absolute Gasteiger partial charge is 0.321 e. The number of hydrogen-bond donors (Lipinski definition) is 2. The molecule has 0 saturated carbocycles. The van der Waals surface area contributed by atoms with Crippen molar-refractivity contribution in [3.8, 4) is 0 Å². The number of carbonyl (C=O) groups excluding carboxylic acids is 2. The fourth-order valence-electron chi connectivity index (χ4n) is 2.31. The van der Waals surface area contributed by atoms with Crippen molar-refractivity contribution < 1.29 is 9.59 Å². The molecule has 0 aliphatic rings. The van der Waals surface area contributed by atoms with E-state index in [-0.39, 0.29) is 17.2 Å². The molecule has 0 spiro atoms.